The van der Waals surface area contributed by atoms with Gasteiger partial charge in [-0.25, -0.2) is 4.98 Å². The molecule has 0 saturated carbocycles. The predicted octanol–water partition coefficient (Wildman–Crippen LogP) is 1.16. The van der Waals surface area contributed by atoms with Crippen molar-refractivity contribution in [2.45, 2.75) is 13.5 Å². The van der Waals surface area contributed by atoms with E-state index in [1.165, 1.54) is 0 Å². The van der Waals surface area contributed by atoms with Crippen LogP contribution in [0, 0.1) is 0 Å². The summed E-state index contributed by atoms with van der Waals surface area (Å²) in [5, 5.41) is 0. The second-order valence-electron chi connectivity index (χ2n) is 2.78. The zero-order chi connectivity index (χ0) is 11.1. The number of nitrogens with zero attached hydrogens (tertiary/aromatic N) is 2. The second-order valence-corrected chi connectivity index (χ2v) is 2.78. The molecular weight excluding hydrogens is 194 g/mol. The smallest absolute Gasteiger partial charge is 0.219 e. The fraction of sp³-hybridized carbons (Fsp3) is 0.400. The van der Waals surface area contributed by atoms with E-state index in [0.717, 1.165) is 0 Å². The molecule has 82 valence electrons. The van der Waals surface area contributed by atoms with Crippen LogP contribution in [-0.2, 0) is 11.3 Å². The Bertz CT molecular complexity index is 328. The number of ether oxygens (including phenoxy) is 2. The molecule has 0 unspecified atom stereocenters. The first-order chi connectivity index (χ1) is 7.26. The summed E-state index contributed by atoms with van der Waals surface area (Å²) in [7, 11) is 0. The van der Waals surface area contributed by atoms with Crippen LogP contribution < -0.4 is 10.5 Å². The van der Waals surface area contributed by atoms with Crippen molar-refractivity contribution in [1.29, 1.82) is 0 Å². The summed E-state index contributed by atoms with van der Waals surface area (Å²) >= 11 is 0. The van der Waals surface area contributed by atoms with E-state index in [1.807, 2.05) is 6.92 Å². The van der Waals surface area contributed by atoms with Crippen LogP contribution >= 0.6 is 0 Å². The highest BCUT2D eigenvalue weighted by molar-refractivity contribution is 5.32. The molecule has 2 N–H and O–H groups in total. The number of nitrogen functional groups attached to an aromatic ring is 1. The third-order valence-electron chi connectivity index (χ3n) is 1.55. The van der Waals surface area contributed by atoms with Crippen LogP contribution in [0.1, 0.15) is 12.7 Å². The molecule has 0 atom stereocenters. The second kappa shape index (κ2) is 5.98. The summed E-state index contributed by atoms with van der Waals surface area (Å²) in [6.07, 6.45) is 1.64. The number of anilines is 1. The van der Waals surface area contributed by atoms with E-state index in [9.17, 15) is 0 Å². The Kier molecular flexibility index (Phi) is 4.56. The van der Waals surface area contributed by atoms with E-state index >= 15 is 0 Å². The summed E-state index contributed by atoms with van der Waals surface area (Å²) in [5.41, 5.74) is 5.59. The van der Waals surface area contributed by atoms with Crippen LogP contribution in [0.3, 0.4) is 0 Å². The molecule has 1 rings (SSSR count). The van der Waals surface area contributed by atoms with Gasteiger partial charge in [0.2, 0.25) is 5.88 Å². The molecule has 0 radical (unpaired) electrons. The van der Waals surface area contributed by atoms with E-state index in [1.54, 1.807) is 12.1 Å². The quantitative estimate of drug-likeness (QED) is 0.712. The third-order valence-corrected chi connectivity index (χ3v) is 1.55. The van der Waals surface area contributed by atoms with Crippen molar-refractivity contribution in [3.8, 4) is 5.88 Å². The maximum atomic E-state index is 5.59. The molecule has 15 heavy (non-hydrogen) atoms. The largest absolute Gasteiger partial charge is 0.473 e. The Morgan fingerprint density at radius 1 is 1.53 bits per heavy atom. The summed E-state index contributed by atoms with van der Waals surface area (Å²) in [4.78, 5) is 8.14. The Morgan fingerprint density at radius 3 is 3.00 bits per heavy atom. The fourth-order valence-corrected chi connectivity index (χ4v) is 0.968. The van der Waals surface area contributed by atoms with E-state index in [2.05, 4.69) is 16.5 Å². The molecule has 0 bridgehead atoms. The van der Waals surface area contributed by atoms with Gasteiger partial charge < -0.3 is 15.2 Å². The van der Waals surface area contributed by atoms with Crippen molar-refractivity contribution in [2.75, 3.05) is 18.9 Å². The molecule has 0 aliphatic heterocycles. The lowest BCUT2D eigenvalue weighted by Gasteiger charge is -2.06. The zero-order valence-electron chi connectivity index (χ0n) is 8.77. The topological polar surface area (TPSA) is 70.3 Å². The summed E-state index contributed by atoms with van der Waals surface area (Å²) < 4.78 is 10.4. The van der Waals surface area contributed by atoms with Gasteiger partial charge in [0.15, 0.2) is 5.82 Å². The zero-order valence-corrected chi connectivity index (χ0v) is 8.77. The molecule has 5 heteroatoms. The molecule has 0 saturated heterocycles. The molecule has 0 fully saturated rings. The number of aromatic nitrogens is 2. The van der Waals surface area contributed by atoms with Crippen LogP contribution in [0.4, 0.5) is 5.82 Å². The Labute approximate surface area is 88.9 Å². The highest BCUT2D eigenvalue weighted by Gasteiger charge is 2.02. The normalized spacial score (nSPS) is 9.93. The van der Waals surface area contributed by atoms with Crippen LogP contribution in [0.5, 0.6) is 5.88 Å². The van der Waals surface area contributed by atoms with Crippen molar-refractivity contribution in [2.24, 2.45) is 0 Å². The lowest BCUT2D eigenvalue weighted by molar-refractivity contribution is 0.127. The van der Waals surface area contributed by atoms with Crippen LogP contribution in [0.25, 0.3) is 0 Å². The Balaban J connectivity index is 2.70. The SMILES string of the molecule is C=CCOc1cc(N)nc(COCC)n1. The van der Waals surface area contributed by atoms with Crippen molar-refractivity contribution >= 4 is 5.82 Å². The van der Waals surface area contributed by atoms with Crippen molar-refractivity contribution in [1.82, 2.24) is 9.97 Å². The van der Waals surface area contributed by atoms with Gasteiger partial charge >= 0.3 is 0 Å². The van der Waals surface area contributed by atoms with Gasteiger partial charge in [-0.05, 0) is 6.92 Å². The summed E-state index contributed by atoms with van der Waals surface area (Å²) in [5.74, 6) is 1.34. The third kappa shape index (κ3) is 3.95. The van der Waals surface area contributed by atoms with Gasteiger partial charge in [-0.2, -0.15) is 4.98 Å². The molecule has 5 nitrogen and oxygen atoms in total. The molecule has 1 aromatic heterocycles. The monoisotopic (exact) mass is 209 g/mol. The van der Waals surface area contributed by atoms with Crippen molar-refractivity contribution in [3.05, 3.63) is 24.5 Å². The molecular formula is C10H15N3O2. The maximum Gasteiger partial charge on any atom is 0.219 e. The van der Waals surface area contributed by atoms with Crippen LogP contribution in [0.15, 0.2) is 18.7 Å². The predicted molar refractivity (Wildman–Crippen MR) is 57.5 cm³/mol. The Morgan fingerprint density at radius 2 is 2.33 bits per heavy atom. The van der Waals surface area contributed by atoms with E-state index < -0.39 is 0 Å². The van der Waals surface area contributed by atoms with Gasteiger partial charge in [0, 0.05) is 12.7 Å². The van der Waals surface area contributed by atoms with Crippen LogP contribution in [0.2, 0.25) is 0 Å². The minimum Gasteiger partial charge on any atom is -0.473 e. The molecule has 0 aliphatic rings. The van der Waals surface area contributed by atoms with E-state index in [4.69, 9.17) is 15.2 Å². The van der Waals surface area contributed by atoms with Gasteiger partial charge in [0.25, 0.3) is 0 Å². The highest BCUT2D eigenvalue weighted by Crippen LogP contribution is 2.11. The van der Waals surface area contributed by atoms with Crippen LogP contribution in [-0.4, -0.2) is 23.2 Å². The lowest BCUT2D eigenvalue weighted by Crippen LogP contribution is -2.05. The highest BCUT2D eigenvalue weighted by atomic mass is 16.5. The molecule has 0 aromatic carbocycles. The average molecular weight is 209 g/mol. The first-order valence-electron chi connectivity index (χ1n) is 4.71. The lowest BCUT2D eigenvalue weighted by atomic mass is 10.5. The number of hydrogen-bond donors (Lipinski definition) is 1. The standard InChI is InChI=1S/C10H15N3O2/c1-3-5-15-10-6-8(11)12-9(13-10)7-14-4-2/h3,6H,1,4-5,7H2,2H3,(H2,11,12,13). The van der Waals surface area contributed by atoms with Gasteiger partial charge in [0.05, 0.1) is 0 Å². The summed E-state index contributed by atoms with van der Waals surface area (Å²) in [6.45, 7) is 6.79. The number of nitrogens with two attached hydrogens (primary N) is 1. The van der Waals surface area contributed by atoms with E-state index in [0.29, 0.717) is 37.3 Å². The molecule has 0 aliphatic carbocycles. The molecule has 0 amide bonds. The first kappa shape index (κ1) is 11.5. The van der Waals surface area contributed by atoms with Crippen molar-refractivity contribution < 1.29 is 9.47 Å². The first-order valence-corrected chi connectivity index (χ1v) is 4.71. The molecule has 1 aromatic rings. The fourth-order valence-electron chi connectivity index (χ4n) is 0.968. The van der Waals surface area contributed by atoms with Gasteiger partial charge in [-0.3, -0.25) is 0 Å². The minimum atomic E-state index is 0.339. The molecule has 0 spiro atoms. The van der Waals surface area contributed by atoms with E-state index in [-0.39, 0.29) is 0 Å². The molecule has 1 heterocycles. The summed E-state index contributed by atoms with van der Waals surface area (Å²) in [6, 6.07) is 1.57. The average Bonchev–Trinajstić information content (AvgIpc) is 2.23. The number of rotatable bonds is 6. The van der Waals surface area contributed by atoms with Gasteiger partial charge in [0.1, 0.15) is 19.0 Å². The van der Waals surface area contributed by atoms with Gasteiger partial charge in [-0.15, -0.1) is 0 Å². The van der Waals surface area contributed by atoms with Crippen molar-refractivity contribution in [3.63, 3.8) is 0 Å². The maximum absolute atomic E-state index is 5.59. The minimum absolute atomic E-state index is 0.339. The number of hydrogen-bond acceptors (Lipinski definition) is 5. The van der Waals surface area contributed by atoms with Gasteiger partial charge in [-0.1, -0.05) is 12.7 Å². The Hall–Kier alpha value is -1.62.